The summed E-state index contributed by atoms with van der Waals surface area (Å²) in [5.74, 6) is -0.512. The molecular formula is C24H24N4O5. The average molecular weight is 448 g/mol. The Hall–Kier alpha value is -3.98. The van der Waals surface area contributed by atoms with E-state index in [0.717, 1.165) is 21.8 Å². The van der Waals surface area contributed by atoms with Crippen LogP contribution in [0.15, 0.2) is 48.7 Å². The van der Waals surface area contributed by atoms with Crippen LogP contribution in [0.25, 0.3) is 21.8 Å². The van der Waals surface area contributed by atoms with Gasteiger partial charge in [0.15, 0.2) is 5.69 Å². The minimum Gasteiger partial charge on any atom is -0.458 e. The number of nitro benzene ring substituents is 1. The van der Waals surface area contributed by atoms with Crippen LogP contribution in [0.3, 0.4) is 0 Å². The molecule has 0 aliphatic rings. The predicted octanol–water partition coefficient (Wildman–Crippen LogP) is 4.44. The number of nitrogens with two attached hydrogens (primary N) is 1. The summed E-state index contributed by atoms with van der Waals surface area (Å²) >= 11 is 0. The number of anilines is 1. The lowest BCUT2D eigenvalue weighted by atomic mass is 10.1. The highest BCUT2D eigenvalue weighted by Crippen LogP contribution is 2.34. The second kappa shape index (κ2) is 8.87. The molecule has 0 aliphatic heterocycles. The van der Waals surface area contributed by atoms with E-state index in [1.54, 1.807) is 33.2 Å². The Morgan fingerprint density at radius 1 is 1.21 bits per heavy atom. The number of nitrogen functional groups attached to an aromatic ring is 1. The summed E-state index contributed by atoms with van der Waals surface area (Å²) in [5.41, 5.74) is 9.35. The summed E-state index contributed by atoms with van der Waals surface area (Å²) in [7, 11) is 1.56. The highest BCUT2D eigenvalue weighted by molar-refractivity contribution is 6.11. The van der Waals surface area contributed by atoms with Crippen molar-refractivity contribution >= 4 is 39.1 Å². The molecule has 9 nitrogen and oxygen atoms in total. The third-order valence-electron chi connectivity index (χ3n) is 5.29. The zero-order valence-electron chi connectivity index (χ0n) is 18.6. The molecule has 2 aromatic heterocycles. The standard InChI is InChI=1S/C24H24N4O5/c1-14(2)33-24(29)23-19(13-32-3)22-18-6-4-5-7-20(18)27(21(22)11-26-23)12-15-8-16(25)10-17(9-15)28(30)31/h4-11,14H,12-13,25H2,1-3H3. The Morgan fingerprint density at radius 3 is 2.67 bits per heavy atom. The van der Waals surface area contributed by atoms with Gasteiger partial charge in [0.2, 0.25) is 0 Å². The van der Waals surface area contributed by atoms with E-state index >= 15 is 0 Å². The summed E-state index contributed by atoms with van der Waals surface area (Å²) in [6.45, 7) is 4.07. The second-order valence-corrected chi connectivity index (χ2v) is 8.03. The number of nitro groups is 1. The molecule has 0 aliphatic carbocycles. The maximum atomic E-state index is 12.7. The van der Waals surface area contributed by atoms with Gasteiger partial charge in [0, 0.05) is 53.3 Å². The summed E-state index contributed by atoms with van der Waals surface area (Å²) < 4.78 is 12.8. The molecule has 0 spiro atoms. The maximum absolute atomic E-state index is 12.7. The van der Waals surface area contributed by atoms with Gasteiger partial charge in [-0.05, 0) is 31.5 Å². The van der Waals surface area contributed by atoms with Crippen LogP contribution in [0.1, 0.15) is 35.5 Å². The molecule has 0 radical (unpaired) electrons. The monoisotopic (exact) mass is 448 g/mol. The van der Waals surface area contributed by atoms with Gasteiger partial charge in [0.25, 0.3) is 5.69 Å². The number of ether oxygens (including phenoxy) is 2. The molecule has 0 amide bonds. The van der Waals surface area contributed by atoms with Crippen LogP contribution >= 0.6 is 0 Å². The van der Waals surface area contributed by atoms with E-state index in [4.69, 9.17) is 15.2 Å². The summed E-state index contributed by atoms with van der Waals surface area (Å²) in [6, 6.07) is 12.3. The molecule has 33 heavy (non-hydrogen) atoms. The number of rotatable bonds is 7. The largest absolute Gasteiger partial charge is 0.458 e. The first kappa shape index (κ1) is 22.2. The molecule has 2 heterocycles. The van der Waals surface area contributed by atoms with Crippen molar-refractivity contribution in [3.05, 3.63) is 75.6 Å². The SMILES string of the molecule is COCc1c(C(=O)OC(C)C)ncc2c1c1ccccc1n2Cc1cc(N)cc([N+](=O)[O-])c1. The Labute approximate surface area is 189 Å². The third kappa shape index (κ3) is 4.22. The number of carbonyl (C=O) groups excluding carboxylic acids is 1. The number of hydrogen-bond acceptors (Lipinski definition) is 7. The Morgan fingerprint density at radius 2 is 1.97 bits per heavy atom. The van der Waals surface area contributed by atoms with Crippen molar-refractivity contribution in [3.63, 3.8) is 0 Å². The van der Waals surface area contributed by atoms with Crippen molar-refractivity contribution in [1.82, 2.24) is 9.55 Å². The van der Waals surface area contributed by atoms with Gasteiger partial charge in [0.05, 0.1) is 29.3 Å². The fraction of sp³-hybridized carbons (Fsp3) is 0.250. The molecule has 2 N–H and O–H groups in total. The van der Waals surface area contributed by atoms with Crippen LogP contribution in [0.4, 0.5) is 11.4 Å². The van der Waals surface area contributed by atoms with Gasteiger partial charge in [-0.25, -0.2) is 9.78 Å². The highest BCUT2D eigenvalue weighted by Gasteiger charge is 2.23. The van der Waals surface area contributed by atoms with E-state index in [0.29, 0.717) is 23.4 Å². The van der Waals surface area contributed by atoms with Crippen molar-refractivity contribution in [2.24, 2.45) is 0 Å². The quantitative estimate of drug-likeness (QED) is 0.192. The van der Waals surface area contributed by atoms with Crippen molar-refractivity contribution in [2.75, 3.05) is 12.8 Å². The number of pyridine rings is 1. The molecule has 0 unspecified atom stereocenters. The average Bonchev–Trinajstić information content (AvgIpc) is 3.07. The van der Waals surface area contributed by atoms with Gasteiger partial charge in [-0.15, -0.1) is 0 Å². The first-order valence-corrected chi connectivity index (χ1v) is 10.4. The number of hydrogen-bond donors (Lipinski definition) is 1. The number of nitrogens with zero attached hydrogens (tertiary/aromatic N) is 3. The lowest BCUT2D eigenvalue weighted by Gasteiger charge is -2.13. The zero-order valence-corrected chi connectivity index (χ0v) is 18.6. The summed E-state index contributed by atoms with van der Waals surface area (Å²) in [4.78, 5) is 28.0. The summed E-state index contributed by atoms with van der Waals surface area (Å²) in [6.07, 6.45) is 1.35. The van der Waals surface area contributed by atoms with E-state index in [-0.39, 0.29) is 24.1 Å². The van der Waals surface area contributed by atoms with Crippen LogP contribution in [0.5, 0.6) is 0 Å². The Balaban J connectivity index is 1.95. The van der Waals surface area contributed by atoms with Crippen molar-refractivity contribution in [2.45, 2.75) is 33.1 Å². The van der Waals surface area contributed by atoms with E-state index in [1.807, 2.05) is 28.8 Å². The van der Waals surface area contributed by atoms with E-state index in [9.17, 15) is 14.9 Å². The number of fused-ring (bicyclic) bond motifs is 3. The highest BCUT2D eigenvalue weighted by atomic mass is 16.6. The molecule has 0 saturated carbocycles. The van der Waals surface area contributed by atoms with Crippen LogP contribution in [0.2, 0.25) is 0 Å². The number of non-ortho nitro benzene ring substituents is 1. The lowest BCUT2D eigenvalue weighted by molar-refractivity contribution is -0.384. The molecule has 9 heteroatoms. The molecule has 4 aromatic rings. The lowest BCUT2D eigenvalue weighted by Crippen LogP contribution is -2.16. The van der Waals surface area contributed by atoms with Gasteiger partial charge in [-0.2, -0.15) is 0 Å². The van der Waals surface area contributed by atoms with Crippen molar-refractivity contribution < 1.29 is 19.2 Å². The number of benzene rings is 2. The molecule has 4 rings (SSSR count). The third-order valence-corrected chi connectivity index (χ3v) is 5.29. The van der Waals surface area contributed by atoms with E-state index in [2.05, 4.69) is 4.98 Å². The molecule has 0 saturated heterocycles. The first-order chi connectivity index (χ1) is 15.8. The van der Waals surface area contributed by atoms with Crippen LogP contribution in [-0.2, 0) is 22.6 Å². The zero-order chi connectivity index (χ0) is 23.7. The Kier molecular flexibility index (Phi) is 5.97. The van der Waals surface area contributed by atoms with Crippen LogP contribution in [0, 0.1) is 10.1 Å². The smallest absolute Gasteiger partial charge is 0.357 e. The normalized spacial score (nSPS) is 11.4. The van der Waals surface area contributed by atoms with Crippen LogP contribution < -0.4 is 5.73 Å². The maximum Gasteiger partial charge on any atom is 0.357 e. The van der Waals surface area contributed by atoms with Gasteiger partial charge >= 0.3 is 5.97 Å². The van der Waals surface area contributed by atoms with E-state index in [1.165, 1.54) is 12.1 Å². The molecule has 0 atom stereocenters. The fourth-order valence-corrected chi connectivity index (χ4v) is 4.08. The van der Waals surface area contributed by atoms with Gasteiger partial charge in [0.1, 0.15) is 0 Å². The fourth-order valence-electron chi connectivity index (χ4n) is 4.08. The van der Waals surface area contributed by atoms with Gasteiger partial charge in [-0.3, -0.25) is 10.1 Å². The summed E-state index contributed by atoms with van der Waals surface area (Å²) in [5, 5.41) is 13.0. The second-order valence-electron chi connectivity index (χ2n) is 8.03. The number of aromatic nitrogens is 2. The van der Waals surface area contributed by atoms with Crippen molar-refractivity contribution in [1.29, 1.82) is 0 Å². The Bertz CT molecular complexity index is 1380. The predicted molar refractivity (Wildman–Crippen MR) is 125 cm³/mol. The molecule has 0 fully saturated rings. The van der Waals surface area contributed by atoms with Crippen LogP contribution in [-0.4, -0.2) is 33.7 Å². The van der Waals surface area contributed by atoms with Gasteiger partial charge in [-0.1, -0.05) is 18.2 Å². The molecule has 170 valence electrons. The molecule has 2 aromatic carbocycles. The minimum absolute atomic E-state index is 0.0670. The number of methoxy groups -OCH3 is 1. The number of esters is 1. The minimum atomic E-state index is -0.512. The molecular weight excluding hydrogens is 424 g/mol. The van der Waals surface area contributed by atoms with Crippen molar-refractivity contribution in [3.8, 4) is 0 Å². The topological polar surface area (TPSA) is 123 Å². The van der Waals surface area contributed by atoms with E-state index < -0.39 is 10.9 Å². The number of para-hydroxylation sites is 1. The molecule has 0 bridgehead atoms. The van der Waals surface area contributed by atoms with Gasteiger partial charge < -0.3 is 19.8 Å². The number of carbonyl (C=O) groups is 1. The first-order valence-electron chi connectivity index (χ1n) is 10.4.